The van der Waals surface area contributed by atoms with Gasteiger partial charge in [0, 0.05) is 16.6 Å². The number of rotatable bonds is 5. The van der Waals surface area contributed by atoms with Crippen LogP contribution in [0.15, 0.2) is 29.6 Å². The van der Waals surface area contributed by atoms with E-state index in [-0.39, 0.29) is 5.78 Å². The molecule has 3 aromatic rings. The number of ether oxygens (including phenoxy) is 1. The van der Waals surface area contributed by atoms with Crippen molar-refractivity contribution in [3.8, 4) is 27.7 Å². The van der Waals surface area contributed by atoms with Crippen LogP contribution in [-0.2, 0) is 0 Å². The lowest BCUT2D eigenvalue weighted by atomic mass is 10.1. The first kappa shape index (κ1) is 16.5. The molecule has 1 N–H and O–H groups in total. The largest absolute Gasteiger partial charge is 0.493 e. The Bertz CT molecular complexity index is 893. The molecule has 0 amide bonds. The van der Waals surface area contributed by atoms with E-state index in [0.29, 0.717) is 6.61 Å². The van der Waals surface area contributed by atoms with Crippen LogP contribution in [0.1, 0.15) is 35.5 Å². The first-order chi connectivity index (χ1) is 11.5. The molecule has 5 heteroatoms. The van der Waals surface area contributed by atoms with Gasteiger partial charge in [-0.15, -0.1) is 11.3 Å². The number of Topliss-reactive ketones (excluding diaryl/α,β-unsaturated/α-hetero) is 1. The number of hydrogen-bond acceptors (Lipinski definition) is 4. The Morgan fingerprint density at radius 1 is 1.29 bits per heavy atom. The highest BCUT2D eigenvalue weighted by Gasteiger charge is 2.19. The molecule has 124 valence electrons. The number of hydrogen-bond donors (Lipinski definition) is 1. The van der Waals surface area contributed by atoms with Crippen LogP contribution < -0.4 is 4.74 Å². The molecule has 0 saturated heterocycles. The van der Waals surface area contributed by atoms with Gasteiger partial charge in [-0.2, -0.15) is 0 Å². The van der Waals surface area contributed by atoms with E-state index in [4.69, 9.17) is 9.72 Å². The number of carbonyl (C=O) groups excluding carboxylic acids is 1. The summed E-state index contributed by atoms with van der Waals surface area (Å²) in [5, 5.41) is 2.92. The highest BCUT2D eigenvalue weighted by molar-refractivity contribution is 7.13. The summed E-state index contributed by atoms with van der Waals surface area (Å²) in [6.07, 6.45) is 0. The number of para-hydroxylation sites is 1. The van der Waals surface area contributed by atoms with E-state index in [1.165, 1.54) is 0 Å². The van der Waals surface area contributed by atoms with Crippen LogP contribution in [0, 0.1) is 13.8 Å². The summed E-state index contributed by atoms with van der Waals surface area (Å²) in [4.78, 5) is 19.9. The van der Waals surface area contributed by atoms with Crippen molar-refractivity contribution in [2.75, 3.05) is 6.61 Å². The van der Waals surface area contributed by atoms with Gasteiger partial charge in [0.25, 0.3) is 0 Å². The van der Waals surface area contributed by atoms with Gasteiger partial charge in [-0.25, -0.2) is 4.98 Å². The molecule has 0 aliphatic rings. The second-order valence-electron chi connectivity index (χ2n) is 5.65. The Morgan fingerprint density at radius 2 is 2.04 bits per heavy atom. The van der Waals surface area contributed by atoms with Crippen molar-refractivity contribution in [2.24, 2.45) is 0 Å². The maximum atomic E-state index is 11.8. The molecule has 0 radical (unpaired) electrons. The minimum atomic E-state index is 0.0737. The molecule has 0 fully saturated rings. The van der Waals surface area contributed by atoms with Crippen LogP contribution in [0.5, 0.6) is 5.75 Å². The molecule has 0 unspecified atom stereocenters. The van der Waals surface area contributed by atoms with Crippen molar-refractivity contribution in [1.82, 2.24) is 9.97 Å². The van der Waals surface area contributed by atoms with Crippen LogP contribution >= 0.6 is 11.3 Å². The van der Waals surface area contributed by atoms with E-state index in [1.807, 2.05) is 50.4 Å². The van der Waals surface area contributed by atoms with Crippen LogP contribution in [0.3, 0.4) is 0 Å². The number of carbonyl (C=O) groups is 1. The second-order valence-corrected chi connectivity index (χ2v) is 6.51. The molecular weight excluding hydrogens is 320 g/mol. The van der Waals surface area contributed by atoms with Gasteiger partial charge < -0.3 is 9.72 Å². The number of H-pyrrole nitrogens is 1. The van der Waals surface area contributed by atoms with Crippen LogP contribution in [0.4, 0.5) is 0 Å². The highest BCUT2D eigenvalue weighted by Crippen LogP contribution is 2.36. The van der Waals surface area contributed by atoms with Crippen molar-refractivity contribution in [2.45, 2.75) is 27.7 Å². The smallest absolute Gasteiger partial charge is 0.161 e. The summed E-state index contributed by atoms with van der Waals surface area (Å²) in [6, 6.07) is 7.91. The average molecular weight is 340 g/mol. The third-order valence-electron chi connectivity index (χ3n) is 3.97. The second kappa shape index (κ2) is 6.61. The topological polar surface area (TPSA) is 55.0 Å². The summed E-state index contributed by atoms with van der Waals surface area (Å²) < 4.78 is 5.70. The third kappa shape index (κ3) is 2.87. The molecule has 24 heavy (non-hydrogen) atoms. The number of aromatic amines is 1. The standard InChI is InChI=1S/C19H20N2O2S/c1-5-23-16-9-7-6-8-14(16)19-21-15(10-24-19)18-11(2)17(13(4)22)12(3)20-18/h6-10,20H,5H2,1-4H3. The Hall–Kier alpha value is -2.40. The Morgan fingerprint density at radius 3 is 2.71 bits per heavy atom. The molecule has 3 rings (SSSR count). The van der Waals surface area contributed by atoms with Crippen molar-refractivity contribution in [3.05, 3.63) is 46.5 Å². The molecule has 2 aromatic heterocycles. The van der Waals surface area contributed by atoms with Crippen molar-refractivity contribution >= 4 is 17.1 Å². The molecule has 0 atom stereocenters. The molecule has 0 bridgehead atoms. The van der Waals surface area contributed by atoms with Gasteiger partial charge >= 0.3 is 0 Å². The SMILES string of the molecule is CCOc1ccccc1-c1nc(-c2[nH]c(C)c(C(C)=O)c2C)cs1. The minimum absolute atomic E-state index is 0.0737. The van der Waals surface area contributed by atoms with Gasteiger partial charge in [0.2, 0.25) is 0 Å². The zero-order valence-electron chi connectivity index (χ0n) is 14.3. The number of aromatic nitrogens is 2. The summed E-state index contributed by atoms with van der Waals surface area (Å²) >= 11 is 1.57. The average Bonchev–Trinajstić information content (AvgIpc) is 3.13. The zero-order valence-corrected chi connectivity index (χ0v) is 15.1. The quantitative estimate of drug-likeness (QED) is 0.663. The van der Waals surface area contributed by atoms with Gasteiger partial charge in [-0.05, 0) is 45.4 Å². The van der Waals surface area contributed by atoms with E-state index in [1.54, 1.807) is 18.3 Å². The number of ketones is 1. The fourth-order valence-electron chi connectivity index (χ4n) is 2.97. The molecule has 0 aliphatic carbocycles. The predicted octanol–water partition coefficient (Wildman–Crippen LogP) is 5.02. The zero-order chi connectivity index (χ0) is 17.3. The first-order valence-corrected chi connectivity index (χ1v) is 8.79. The normalized spacial score (nSPS) is 10.8. The lowest BCUT2D eigenvalue weighted by Gasteiger charge is -2.07. The third-order valence-corrected chi connectivity index (χ3v) is 4.84. The lowest BCUT2D eigenvalue weighted by Crippen LogP contribution is -1.95. The van der Waals surface area contributed by atoms with Gasteiger partial charge in [0.1, 0.15) is 10.8 Å². The number of aryl methyl sites for hydroxylation is 1. The van der Waals surface area contributed by atoms with Gasteiger partial charge in [-0.3, -0.25) is 4.79 Å². The van der Waals surface area contributed by atoms with E-state index in [0.717, 1.165) is 44.5 Å². The maximum absolute atomic E-state index is 11.8. The minimum Gasteiger partial charge on any atom is -0.493 e. The van der Waals surface area contributed by atoms with Gasteiger partial charge in [-0.1, -0.05) is 12.1 Å². The molecule has 0 saturated carbocycles. The van der Waals surface area contributed by atoms with E-state index in [2.05, 4.69) is 4.98 Å². The van der Waals surface area contributed by atoms with Crippen LogP contribution in [0.25, 0.3) is 22.0 Å². The Labute approximate surface area is 145 Å². The number of benzene rings is 1. The number of nitrogens with zero attached hydrogens (tertiary/aromatic N) is 1. The summed E-state index contributed by atoms with van der Waals surface area (Å²) in [5.41, 5.74) is 5.36. The van der Waals surface area contributed by atoms with E-state index in [9.17, 15) is 4.79 Å². The van der Waals surface area contributed by atoms with Crippen LogP contribution in [-0.4, -0.2) is 22.4 Å². The predicted molar refractivity (Wildman–Crippen MR) is 98.0 cm³/mol. The summed E-state index contributed by atoms with van der Waals surface area (Å²) in [5.74, 6) is 0.911. The first-order valence-electron chi connectivity index (χ1n) is 7.91. The van der Waals surface area contributed by atoms with Gasteiger partial charge in [0.05, 0.1) is 23.6 Å². The Kier molecular flexibility index (Phi) is 4.53. The fourth-order valence-corrected chi connectivity index (χ4v) is 3.81. The van der Waals surface area contributed by atoms with Crippen molar-refractivity contribution in [3.63, 3.8) is 0 Å². The molecule has 0 spiro atoms. The summed E-state index contributed by atoms with van der Waals surface area (Å²) in [7, 11) is 0. The monoisotopic (exact) mass is 340 g/mol. The van der Waals surface area contributed by atoms with Crippen molar-refractivity contribution < 1.29 is 9.53 Å². The lowest BCUT2D eigenvalue weighted by molar-refractivity contribution is 0.101. The van der Waals surface area contributed by atoms with Crippen molar-refractivity contribution in [1.29, 1.82) is 0 Å². The van der Waals surface area contributed by atoms with Crippen LogP contribution in [0.2, 0.25) is 0 Å². The summed E-state index contributed by atoms with van der Waals surface area (Å²) in [6.45, 7) is 8.07. The number of thiazole rings is 1. The molecule has 2 heterocycles. The van der Waals surface area contributed by atoms with E-state index >= 15 is 0 Å². The fraction of sp³-hybridized carbons (Fsp3) is 0.263. The number of nitrogens with one attached hydrogen (secondary N) is 1. The van der Waals surface area contributed by atoms with E-state index < -0.39 is 0 Å². The molecule has 4 nitrogen and oxygen atoms in total. The van der Waals surface area contributed by atoms with Gasteiger partial charge in [0.15, 0.2) is 5.78 Å². The molecule has 0 aliphatic heterocycles. The Balaban J connectivity index is 2.04. The molecule has 1 aromatic carbocycles. The highest BCUT2D eigenvalue weighted by atomic mass is 32.1. The maximum Gasteiger partial charge on any atom is 0.161 e. The molecular formula is C19H20N2O2S.